The first kappa shape index (κ1) is 23.8. The SMILES string of the molecule is CCOCCN(CCOCC)C(COCC)(COCC)COCC. The van der Waals surface area contributed by atoms with E-state index in [-0.39, 0.29) is 5.54 Å². The summed E-state index contributed by atoms with van der Waals surface area (Å²) in [5.41, 5.74) is -0.323. The second-order valence-corrected chi connectivity index (χ2v) is 5.52. The van der Waals surface area contributed by atoms with Crippen LogP contribution in [0.4, 0.5) is 0 Å². The van der Waals surface area contributed by atoms with Gasteiger partial charge in [-0.2, -0.15) is 0 Å². The molecule has 24 heavy (non-hydrogen) atoms. The van der Waals surface area contributed by atoms with Gasteiger partial charge < -0.3 is 23.7 Å². The molecule has 0 heterocycles. The highest BCUT2D eigenvalue weighted by molar-refractivity contribution is 4.91. The average molecular weight is 350 g/mol. The van der Waals surface area contributed by atoms with Gasteiger partial charge in [0.1, 0.15) is 0 Å². The molecular weight excluding hydrogens is 310 g/mol. The van der Waals surface area contributed by atoms with E-state index in [1.165, 1.54) is 0 Å². The van der Waals surface area contributed by atoms with E-state index in [4.69, 9.17) is 23.7 Å². The van der Waals surface area contributed by atoms with Crippen molar-refractivity contribution in [2.24, 2.45) is 0 Å². The van der Waals surface area contributed by atoms with Crippen molar-refractivity contribution in [3.05, 3.63) is 0 Å². The molecule has 0 aromatic carbocycles. The molecule has 0 aromatic rings. The molecule has 0 rings (SSSR count). The minimum Gasteiger partial charge on any atom is -0.380 e. The van der Waals surface area contributed by atoms with Crippen LogP contribution in [0.15, 0.2) is 0 Å². The maximum Gasteiger partial charge on any atom is 0.0916 e. The van der Waals surface area contributed by atoms with Gasteiger partial charge in [0.2, 0.25) is 0 Å². The van der Waals surface area contributed by atoms with E-state index in [9.17, 15) is 0 Å². The summed E-state index contributed by atoms with van der Waals surface area (Å²) in [6.07, 6.45) is 0. The van der Waals surface area contributed by atoms with Gasteiger partial charge in [-0.1, -0.05) is 0 Å². The van der Waals surface area contributed by atoms with Gasteiger partial charge in [-0.3, -0.25) is 4.90 Å². The standard InChI is InChI=1S/C18H39NO5/c1-6-20-13-11-19(12-14-21-7-2)18(15-22-8-3,16-23-9-4)17-24-10-5/h6-17H2,1-5H3. The van der Waals surface area contributed by atoms with Crippen molar-refractivity contribution in [2.75, 3.05) is 79.2 Å². The lowest BCUT2D eigenvalue weighted by molar-refractivity contribution is -0.106. The maximum absolute atomic E-state index is 5.80. The Morgan fingerprint density at radius 3 is 1.17 bits per heavy atom. The van der Waals surface area contributed by atoms with Gasteiger partial charge in [0.25, 0.3) is 0 Å². The smallest absolute Gasteiger partial charge is 0.0916 e. The minimum absolute atomic E-state index is 0.323. The summed E-state index contributed by atoms with van der Waals surface area (Å²) >= 11 is 0. The molecule has 0 aliphatic heterocycles. The van der Waals surface area contributed by atoms with Crippen LogP contribution in [0.1, 0.15) is 34.6 Å². The van der Waals surface area contributed by atoms with Crippen LogP contribution in [0.2, 0.25) is 0 Å². The molecule has 0 unspecified atom stereocenters. The zero-order valence-corrected chi connectivity index (χ0v) is 16.5. The van der Waals surface area contributed by atoms with Gasteiger partial charge in [-0.25, -0.2) is 0 Å². The van der Waals surface area contributed by atoms with Crippen LogP contribution in [0, 0.1) is 0 Å². The molecular formula is C18H39NO5. The lowest BCUT2D eigenvalue weighted by atomic mass is 10.00. The third-order valence-electron chi connectivity index (χ3n) is 3.81. The van der Waals surface area contributed by atoms with Gasteiger partial charge in [0, 0.05) is 46.1 Å². The van der Waals surface area contributed by atoms with Crippen molar-refractivity contribution in [3.8, 4) is 0 Å². The second kappa shape index (κ2) is 16.2. The first-order chi connectivity index (χ1) is 11.7. The zero-order chi connectivity index (χ0) is 18.1. The van der Waals surface area contributed by atoms with Gasteiger partial charge in [0.05, 0.1) is 38.6 Å². The van der Waals surface area contributed by atoms with Crippen molar-refractivity contribution < 1.29 is 23.7 Å². The van der Waals surface area contributed by atoms with Crippen LogP contribution in [0.3, 0.4) is 0 Å². The Balaban J connectivity index is 5.16. The third kappa shape index (κ3) is 9.91. The van der Waals surface area contributed by atoms with E-state index < -0.39 is 0 Å². The Morgan fingerprint density at radius 1 is 0.542 bits per heavy atom. The highest BCUT2D eigenvalue weighted by Crippen LogP contribution is 2.19. The minimum atomic E-state index is -0.323. The highest BCUT2D eigenvalue weighted by atomic mass is 16.5. The molecule has 6 heteroatoms. The largest absolute Gasteiger partial charge is 0.380 e. The predicted octanol–water partition coefficient (Wildman–Crippen LogP) is 2.21. The molecule has 0 amide bonds. The fourth-order valence-corrected chi connectivity index (χ4v) is 2.50. The zero-order valence-electron chi connectivity index (χ0n) is 16.5. The topological polar surface area (TPSA) is 49.4 Å². The molecule has 0 saturated heterocycles. The van der Waals surface area contributed by atoms with Crippen molar-refractivity contribution in [2.45, 2.75) is 40.2 Å². The number of rotatable bonds is 18. The van der Waals surface area contributed by atoms with E-state index in [2.05, 4.69) is 4.90 Å². The molecule has 0 aliphatic carbocycles. The van der Waals surface area contributed by atoms with Crippen LogP contribution >= 0.6 is 0 Å². The molecule has 6 nitrogen and oxygen atoms in total. The Labute approximate surface area is 148 Å². The lowest BCUT2D eigenvalue weighted by Crippen LogP contribution is -2.60. The summed E-state index contributed by atoms with van der Waals surface area (Å²) in [5.74, 6) is 0. The van der Waals surface area contributed by atoms with Crippen LogP contribution in [0.5, 0.6) is 0 Å². The molecule has 0 aliphatic rings. The number of hydrogen-bond donors (Lipinski definition) is 0. The summed E-state index contributed by atoms with van der Waals surface area (Å²) in [5, 5.41) is 0. The summed E-state index contributed by atoms with van der Waals surface area (Å²) in [6, 6.07) is 0. The van der Waals surface area contributed by atoms with E-state index in [1.807, 2.05) is 34.6 Å². The van der Waals surface area contributed by atoms with Crippen LogP contribution in [-0.4, -0.2) is 89.6 Å². The van der Waals surface area contributed by atoms with Crippen molar-refractivity contribution >= 4 is 0 Å². The van der Waals surface area contributed by atoms with Crippen molar-refractivity contribution in [1.82, 2.24) is 4.90 Å². The predicted molar refractivity (Wildman–Crippen MR) is 96.8 cm³/mol. The monoisotopic (exact) mass is 349 g/mol. The third-order valence-corrected chi connectivity index (χ3v) is 3.81. The van der Waals surface area contributed by atoms with Crippen LogP contribution in [-0.2, 0) is 23.7 Å². The molecule has 0 spiro atoms. The molecule has 0 aromatic heterocycles. The molecule has 146 valence electrons. The van der Waals surface area contributed by atoms with E-state index in [0.717, 1.165) is 13.1 Å². The fourth-order valence-electron chi connectivity index (χ4n) is 2.50. The van der Waals surface area contributed by atoms with Gasteiger partial charge in [-0.05, 0) is 34.6 Å². The Bertz CT molecular complexity index is 234. The van der Waals surface area contributed by atoms with Crippen LogP contribution in [0.25, 0.3) is 0 Å². The first-order valence-electron chi connectivity index (χ1n) is 9.34. The molecule has 0 saturated carbocycles. The van der Waals surface area contributed by atoms with Gasteiger partial charge >= 0.3 is 0 Å². The fraction of sp³-hybridized carbons (Fsp3) is 1.00. The second-order valence-electron chi connectivity index (χ2n) is 5.52. The molecule has 0 atom stereocenters. The van der Waals surface area contributed by atoms with Gasteiger partial charge in [-0.15, -0.1) is 0 Å². The summed E-state index contributed by atoms with van der Waals surface area (Å²) in [6.45, 7) is 18.2. The first-order valence-corrected chi connectivity index (χ1v) is 9.34. The maximum atomic E-state index is 5.80. The number of ether oxygens (including phenoxy) is 5. The van der Waals surface area contributed by atoms with E-state index >= 15 is 0 Å². The Hall–Kier alpha value is -0.240. The number of hydrogen-bond acceptors (Lipinski definition) is 6. The quantitative estimate of drug-likeness (QED) is 0.354. The normalized spacial score (nSPS) is 12.2. The summed E-state index contributed by atoms with van der Waals surface area (Å²) in [4.78, 5) is 2.35. The Morgan fingerprint density at radius 2 is 0.875 bits per heavy atom. The molecule has 0 fully saturated rings. The summed E-state index contributed by atoms with van der Waals surface area (Å²) < 4.78 is 28.6. The Kier molecular flexibility index (Phi) is 16.1. The molecule has 0 radical (unpaired) electrons. The van der Waals surface area contributed by atoms with Crippen molar-refractivity contribution in [1.29, 1.82) is 0 Å². The van der Waals surface area contributed by atoms with Gasteiger partial charge in [0.15, 0.2) is 0 Å². The molecule has 0 N–H and O–H groups in total. The highest BCUT2D eigenvalue weighted by Gasteiger charge is 2.37. The van der Waals surface area contributed by atoms with Crippen molar-refractivity contribution in [3.63, 3.8) is 0 Å². The average Bonchev–Trinajstić information content (AvgIpc) is 2.60. The number of nitrogens with zero attached hydrogens (tertiary/aromatic N) is 1. The lowest BCUT2D eigenvalue weighted by Gasteiger charge is -2.43. The van der Waals surface area contributed by atoms with Crippen LogP contribution < -0.4 is 0 Å². The summed E-state index contributed by atoms with van der Waals surface area (Å²) in [7, 11) is 0. The van der Waals surface area contributed by atoms with E-state index in [0.29, 0.717) is 66.1 Å². The molecule has 0 bridgehead atoms. The van der Waals surface area contributed by atoms with E-state index in [1.54, 1.807) is 0 Å².